The molecular formula is C24H30O5. The molecule has 5 heteroatoms. The van der Waals surface area contributed by atoms with E-state index in [2.05, 4.69) is 11.7 Å². The van der Waals surface area contributed by atoms with E-state index in [1.54, 1.807) is 24.3 Å². The highest BCUT2D eigenvalue weighted by atomic mass is 16.7. The van der Waals surface area contributed by atoms with Gasteiger partial charge in [0.25, 0.3) is 0 Å². The molecule has 29 heavy (non-hydrogen) atoms. The summed E-state index contributed by atoms with van der Waals surface area (Å²) in [6.45, 7) is 2.23. The Balaban J connectivity index is 1.78. The van der Waals surface area contributed by atoms with Gasteiger partial charge in [-0.3, -0.25) is 0 Å². The Bertz CT molecular complexity index is 767. The van der Waals surface area contributed by atoms with Crippen LogP contribution in [0.25, 0.3) is 0 Å². The van der Waals surface area contributed by atoms with E-state index < -0.39 is 12.1 Å². The van der Waals surface area contributed by atoms with Crippen molar-refractivity contribution in [3.05, 3.63) is 59.7 Å². The molecule has 0 saturated heterocycles. The molecule has 5 nitrogen and oxygen atoms in total. The summed E-state index contributed by atoms with van der Waals surface area (Å²) < 4.78 is 15.1. The third kappa shape index (κ3) is 7.98. The largest absolute Gasteiger partial charge is 0.519 e. The quantitative estimate of drug-likeness (QED) is 0.251. The first-order valence-electron chi connectivity index (χ1n) is 10.3. The van der Waals surface area contributed by atoms with E-state index >= 15 is 0 Å². The van der Waals surface area contributed by atoms with Gasteiger partial charge < -0.3 is 14.2 Å². The first-order valence-corrected chi connectivity index (χ1v) is 10.3. The van der Waals surface area contributed by atoms with Gasteiger partial charge in [-0.15, -0.1) is 0 Å². The van der Waals surface area contributed by atoms with Gasteiger partial charge in [0.05, 0.1) is 7.11 Å². The molecule has 0 aliphatic rings. The van der Waals surface area contributed by atoms with Crippen LogP contribution in [0.4, 0.5) is 4.79 Å². The summed E-state index contributed by atoms with van der Waals surface area (Å²) in [6.07, 6.45) is 9.08. The number of aryl methyl sites for hydroxylation is 1. The average molecular weight is 398 g/mol. The fraction of sp³-hybridized carbons (Fsp3) is 0.417. The van der Waals surface area contributed by atoms with Gasteiger partial charge >= 0.3 is 12.1 Å². The van der Waals surface area contributed by atoms with Crippen LogP contribution in [0.1, 0.15) is 67.8 Å². The number of carbonyl (C=O) groups is 2. The van der Waals surface area contributed by atoms with E-state index in [9.17, 15) is 9.59 Å². The Labute approximate surface area is 173 Å². The lowest BCUT2D eigenvalue weighted by atomic mass is 10.0. The number of rotatable bonds is 11. The zero-order chi connectivity index (χ0) is 20.9. The van der Waals surface area contributed by atoms with Gasteiger partial charge in [-0.2, -0.15) is 0 Å². The normalized spacial score (nSPS) is 10.4. The maximum absolute atomic E-state index is 12.1. The maximum atomic E-state index is 12.1. The lowest BCUT2D eigenvalue weighted by molar-refractivity contribution is 0.0597. The fourth-order valence-electron chi connectivity index (χ4n) is 3.05. The van der Waals surface area contributed by atoms with Gasteiger partial charge in [0.15, 0.2) is 0 Å². The molecule has 0 radical (unpaired) electrons. The number of esters is 1. The number of hydrogen-bond acceptors (Lipinski definition) is 5. The molecule has 0 unspecified atom stereocenters. The van der Waals surface area contributed by atoms with Crippen molar-refractivity contribution < 1.29 is 23.8 Å². The Hall–Kier alpha value is -2.82. The van der Waals surface area contributed by atoms with Crippen LogP contribution in [-0.2, 0) is 11.2 Å². The van der Waals surface area contributed by atoms with E-state index in [0.29, 0.717) is 5.75 Å². The van der Waals surface area contributed by atoms with Gasteiger partial charge in [-0.05, 0) is 42.7 Å². The summed E-state index contributed by atoms with van der Waals surface area (Å²) in [5, 5.41) is 0. The van der Waals surface area contributed by atoms with E-state index in [1.807, 2.05) is 12.1 Å². The summed E-state index contributed by atoms with van der Waals surface area (Å²) in [6, 6.07) is 13.8. The molecular weight excluding hydrogens is 368 g/mol. The Morgan fingerprint density at radius 3 is 2.14 bits per heavy atom. The predicted molar refractivity (Wildman–Crippen MR) is 113 cm³/mol. The van der Waals surface area contributed by atoms with E-state index in [4.69, 9.17) is 9.47 Å². The molecule has 2 rings (SSSR count). The predicted octanol–water partition coefficient (Wildman–Crippen LogP) is 6.34. The Morgan fingerprint density at radius 1 is 0.793 bits per heavy atom. The van der Waals surface area contributed by atoms with Gasteiger partial charge in [0.2, 0.25) is 0 Å². The van der Waals surface area contributed by atoms with Crippen molar-refractivity contribution in [3.8, 4) is 11.5 Å². The van der Waals surface area contributed by atoms with Crippen LogP contribution in [-0.4, -0.2) is 19.2 Å². The molecule has 0 amide bonds. The second-order valence-corrected chi connectivity index (χ2v) is 6.96. The zero-order valence-corrected chi connectivity index (χ0v) is 17.3. The molecule has 2 aromatic carbocycles. The van der Waals surface area contributed by atoms with Crippen LogP contribution < -0.4 is 9.47 Å². The van der Waals surface area contributed by atoms with Crippen molar-refractivity contribution in [3.63, 3.8) is 0 Å². The van der Waals surface area contributed by atoms with Gasteiger partial charge in [-0.25, -0.2) is 9.59 Å². The molecule has 0 spiro atoms. The second kappa shape index (κ2) is 12.6. The first kappa shape index (κ1) is 22.5. The summed E-state index contributed by atoms with van der Waals surface area (Å²) in [4.78, 5) is 23.8. The van der Waals surface area contributed by atoms with Gasteiger partial charge in [0, 0.05) is 0 Å². The lowest BCUT2D eigenvalue weighted by Gasteiger charge is -2.09. The monoisotopic (exact) mass is 398 g/mol. The number of methoxy groups -OCH3 is 1. The average Bonchev–Trinajstić information content (AvgIpc) is 2.74. The number of hydrogen-bond donors (Lipinski definition) is 0. The zero-order valence-electron chi connectivity index (χ0n) is 17.3. The molecule has 0 atom stereocenters. The summed E-state index contributed by atoms with van der Waals surface area (Å²) >= 11 is 0. The van der Waals surface area contributed by atoms with Crippen LogP contribution in [0.5, 0.6) is 11.5 Å². The van der Waals surface area contributed by atoms with Crippen molar-refractivity contribution in [2.45, 2.75) is 58.3 Å². The highest BCUT2D eigenvalue weighted by Crippen LogP contribution is 2.21. The third-order valence-corrected chi connectivity index (χ3v) is 4.68. The van der Waals surface area contributed by atoms with Gasteiger partial charge in [0.1, 0.15) is 17.1 Å². The van der Waals surface area contributed by atoms with E-state index in [-0.39, 0.29) is 11.3 Å². The fourth-order valence-corrected chi connectivity index (χ4v) is 3.05. The minimum atomic E-state index is -0.902. The number of para-hydroxylation sites is 1. The number of carbonyl (C=O) groups excluding carboxylic acids is 2. The van der Waals surface area contributed by atoms with Crippen molar-refractivity contribution >= 4 is 12.1 Å². The molecule has 0 saturated carbocycles. The number of benzene rings is 2. The molecule has 2 aromatic rings. The molecule has 0 fully saturated rings. The highest BCUT2D eigenvalue weighted by Gasteiger charge is 2.16. The summed E-state index contributed by atoms with van der Waals surface area (Å²) in [5.74, 6) is -0.0862. The van der Waals surface area contributed by atoms with Crippen LogP contribution in [0, 0.1) is 0 Å². The minimum Gasteiger partial charge on any atom is -0.465 e. The number of unbranched alkanes of at least 4 members (excludes halogenated alkanes) is 6. The SMILES string of the molecule is CCCCCCCCCc1ccc(OC(=O)Oc2ccccc2C(=O)OC)cc1. The molecule has 0 N–H and O–H groups in total. The molecule has 0 aliphatic carbocycles. The standard InChI is InChI=1S/C24H30O5/c1-3-4-5-6-7-8-9-12-19-15-17-20(18-16-19)28-24(26)29-22-14-11-10-13-21(22)23(25)27-2/h10-11,13-18H,3-9,12H2,1-2H3. The topological polar surface area (TPSA) is 61.8 Å². The van der Waals surface area contributed by atoms with Crippen molar-refractivity contribution in [2.75, 3.05) is 7.11 Å². The Morgan fingerprint density at radius 2 is 1.45 bits per heavy atom. The molecule has 0 heterocycles. The molecule has 0 aliphatic heterocycles. The molecule has 0 bridgehead atoms. The molecule has 0 aromatic heterocycles. The highest BCUT2D eigenvalue weighted by molar-refractivity contribution is 5.93. The van der Waals surface area contributed by atoms with Crippen LogP contribution in [0.2, 0.25) is 0 Å². The van der Waals surface area contributed by atoms with Crippen LogP contribution >= 0.6 is 0 Å². The van der Waals surface area contributed by atoms with Crippen molar-refractivity contribution in [1.29, 1.82) is 0 Å². The minimum absolute atomic E-state index is 0.0971. The van der Waals surface area contributed by atoms with E-state index in [1.165, 1.54) is 69.8 Å². The van der Waals surface area contributed by atoms with E-state index in [0.717, 1.165) is 6.42 Å². The van der Waals surface area contributed by atoms with Crippen molar-refractivity contribution in [1.82, 2.24) is 0 Å². The smallest absolute Gasteiger partial charge is 0.465 e. The second-order valence-electron chi connectivity index (χ2n) is 6.96. The number of ether oxygens (including phenoxy) is 3. The first-order chi connectivity index (χ1) is 14.1. The van der Waals surface area contributed by atoms with Crippen molar-refractivity contribution in [2.24, 2.45) is 0 Å². The Kier molecular flexibility index (Phi) is 9.76. The lowest BCUT2D eigenvalue weighted by Crippen LogP contribution is -2.16. The molecule has 156 valence electrons. The van der Waals surface area contributed by atoms with Crippen LogP contribution in [0.3, 0.4) is 0 Å². The summed E-state index contributed by atoms with van der Waals surface area (Å²) in [7, 11) is 1.27. The summed E-state index contributed by atoms with van der Waals surface area (Å²) in [5.41, 5.74) is 1.38. The van der Waals surface area contributed by atoms with Gasteiger partial charge in [-0.1, -0.05) is 69.7 Å². The third-order valence-electron chi connectivity index (χ3n) is 4.68. The van der Waals surface area contributed by atoms with Crippen LogP contribution in [0.15, 0.2) is 48.5 Å². The maximum Gasteiger partial charge on any atom is 0.519 e.